The molecule has 0 amide bonds. The summed E-state index contributed by atoms with van der Waals surface area (Å²) in [6.07, 6.45) is 0. The maximum Gasteiger partial charge on any atom is 0.210 e. The third-order valence-corrected chi connectivity index (χ3v) is 11.1. The van der Waals surface area contributed by atoms with E-state index in [1.54, 1.807) is 24.3 Å². The lowest BCUT2D eigenvalue weighted by Gasteiger charge is -2.33. The Balaban J connectivity index is 1.07. The number of sulfone groups is 1. The first-order valence-corrected chi connectivity index (χ1v) is 17.1. The fourth-order valence-corrected chi connectivity index (χ4v) is 8.77. The molecule has 46 heavy (non-hydrogen) atoms. The quantitative estimate of drug-likeness (QED) is 0.193. The average molecular weight is 633 g/mol. The summed E-state index contributed by atoms with van der Waals surface area (Å²) in [6.45, 7) is 0. The van der Waals surface area contributed by atoms with Crippen LogP contribution in [0.2, 0.25) is 0 Å². The summed E-state index contributed by atoms with van der Waals surface area (Å²) < 4.78 is 33.9. The SMILES string of the molecule is O=S1(=O)c2ccccc2N(c2cccc(-c3nsc(-c4ccc(-n5c6ccccc6c6ccccc65)cc4)n3)c2)c2ccccc21. The third kappa shape index (κ3) is 4.04. The zero-order valence-electron chi connectivity index (χ0n) is 24.3. The Kier molecular flexibility index (Phi) is 5.96. The molecule has 0 unspecified atom stereocenters. The highest BCUT2D eigenvalue weighted by Crippen LogP contribution is 2.48. The predicted molar refractivity (Wildman–Crippen MR) is 185 cm³/mol. The molecule has 0 bridgehead atoms. The number of fused-ring (bicyclic) bond motifs is 5. The van der Waals surface area contributed by atoms with Crippen LogP contribution < -0.4 is 4.90 Å². The molecular formula is C38H24N4O2S2. The van der Waals surface area contributed by atoms with Gasteiger partial charge in [0.05, 0.1) is 32.2 Å². The normalized spacial score (nSPS) is 13.5. The van der Waals surface area contributed by atoms with Gasteiger partial charge in [-0.3, -0.25) is 0 Å². The van der Waals surface area contributed by atoms with Gasteiger partial charge in [0, 0.05) is 33.3 Å². The molecule has 1 aliphatic rings. The summed E-state index contributed by atoms with van der Waals surface area (Å²) >= 11 is 1.36. The minimum absolute atomic E-state index is 0.289. The average Bonchev–Trinajstić information content (AvgIpc) is 3.73. The Morgan fingerprint density at radius 1 is 0.543 bits per heavy atom. The maximum absolute atomic E-state index is 13.5. The molecule has 6 nitrogen and oxygen atoms in total. The summed E-state index contributed by atoms with van der Waals surface area (Å²) in [5.74, 6) is 0.625. The van der Waals surface area contributed by atoms with E-state index in [2.05, 4.69) is 77.4 Å². The van der Waals surface area contributed by atoms with Crippen molar-refractivity contribution >= 4 is 60.2 Å². The standard InChI is InChI=1S/C38H24N4O2S2/c43-46(44)35-18-7-5-16-33(35)42(34-17-6-8-19-36(34)46)28-11-9-10-26(24-28)37-39-38(45-40-37)25-20-22-27(23-21-25)41-31-14-3-1-12-29(31)30-13-2-4-15-32(30)41/h1-24H. The van der Waals surface area contributed by atoms with Crippen LogP contribution in [0.25, 0.3) is 49.5 Å². The number of benzene rings is 6. The van der Waals surface area contributed by atoms with Gasteiger partial charge in [0.2, 0.25) is 9.84 Å². The molecule has 8 aromatic rings. The minimum atomic E-state index is -3.64. The van der Waals surface area contributed by atoms with Gasteiger partial charge in [-0.15, -0.1) is 0 Å². The van der Waals surface area contributed by atoms with Crippen LogP contribution in [-0.4, -0.2) is 22.3 Å². The van der Waals surface area contributed by atoms with Crippen molar-refractivity contribution in [3.05, 3.63) is 146 Å². The van der Waals surface area contributed by atoms with Crippen LogP contribution in [0.15, 0.2) is 155 Å². The Bertz CT molecular complexity index is 2460. The molecule has 2 aromatic heterocycles. The fourth-order valence-electron chi connectivity index (χ4n) is 6.46. The van der Waals surface area contributed by atoms with Crippen LogP contribution >= 0.6 is 11.5 Å². The highest BCUT2D eigenvalue weighted by Gasteiger charge is 2.34. The van der Waals surface area contributed by atoms with Crippen molar-refractivity contribution in [2.75, 3.05) is 4.90 Å². The molecule has 9 rings (SSSR count). The summed E-state index contributed by atoms with van der Waals surface area (Å²) in [6, 6.07) is 47.7. The van der Waals surface area contributed by atoms with Crippen LogP contribution in [-0.2, 0) is 9.84 Å². The maximum atomic E-state index is 13.5. The molecule has 6 aromatic carbocycles. The number of nitrogens with zero attached hydrogens (tertiary/aromatic N) is 4. The number of hydrogen-bond acceptors (Lipinski definition) is 6. The predicted octanol–water partition coefficient (Wildman–Crippen LogP) is 9.59. The van der Waals surface area contributed by atoms with Gasteiger partial charge < -0.3 is 9.47 Å². The first-order valence-electron chi connectivity index (χ1n) is 14.8. The van der Waals surface area contributed by atoms with Gasteiger partial charge in [-0.2, -0.15) is 4.37 Å². The zero-order chi connectivity index (χ0) is 30.8. The topological polar surface area (TPSA) is 68.1 Å². The molecular weight excluding hydrogens is 609 g/mol. The van der Waals surface area contributed by atoms with Crippen molar-refractivity contribution in [1.29, 1.82) is 0 Å². The van der Waals surface area contributed by atoms with Crippen molar-refractivity contribution in [1.82, 2.24) is 13.9 Å². The summed E-state index contributed by atoms with van der Waals surface area (Å²) in [5, 5.41) is 3.29. The molecule has 0 spiro atoms. The molecule has 3 heterocycles. The van der Waals surface area contributed by atoms with Crippen molar-refractivity contribution in [3.8, 4) is 27.6 Å². The molecule has 0 saturated heterocycles. The van der Waals surface area contributed by atoms with E-state index in [1.807, 2.05) is 53.4 Å². The molecule has 0 saturated carbocycles. The molecule has 8 heteroatoms. The Hall–Kier alpha value is -5.57. The molecule has 0 N–H and O–H groups in total. The first-order chi connectivity index (χ1) is 22.6. The number of aromatic nitrogens is 3. The lowest BCUT2D eigenvalue weighted by molar-refractivity contribution is 0.595. The first kappa shape index (κ1) is 26.8. The van der Waals surface area contributed by atoms with Gasteiger partial charge in [0.25, 0.3) is 0 Å². The molecule has 0 radical (unpaired) electrons. The van der Waals surface area contributed by atoms with Crippen molar-refractivity contribution in [3.63, 3.8) is 0 Å². The van der Waals surface area contributed by atoms with Gasteiger partial charge in [-0.25, -0.2) is 13.4 Å². The smallest absolute Gasteiger partial charge is 0.210 e. The zero-order valence-corrected chi connectivity index (χ0v) is 25.9. The highest BCUT2D eigenvalue weighted by atomic mass is 32.2. The van der Waals surface area contributed by atoms with Gasteiger partial charge in [0.15, 0.2) is 5.82 Å². The monoisotopic (exact) mass is 632 g/mol. The van der Waals surface area contributed by atoms with Gasteiger partial charge in [0.1, 0.15) is 5.01 Å². The second kappa shape index (κ2) is 10.2. The molecule has 0 fully saturated rings. The van der Waals surface area contributed by atoms with Crippen LogP contribution in [0, 0.1) is 0 Å². The fraction of sp³-hybridized carbons (Fsp3) is 0. The van der Waals surface area contributed by atoms with E-state index >= 15 is 0 Å². The van der Waals surface area contributed by atoms with Gasteiger partial charge in [-0.05, 0) is 84.3 Å². The van der Waals surface area contributed by atoms with Crippen molar-refractivity contribution < 1.29 is 8.42 Å². The number of para-hydroxylation sites is 4. The molecule has 0 aliphatic carbocycles. The summed E-state index contributed by atoms with van der Waals surface area (Å²) in [5.41, 5.74) is 7.35. The molecule has 1 aliphatic heterocycles. The second-order valence-electron chi connectivity index (χ2n) is 11.2. The van der Waals surface area contributed by atoms with Crippen LogP contribution in [0.1, 0.15) is 0 Å². The van der Waals surface area contributed by atoms with Crippen LogP contribution in [0.4, 0.5) is 17.1 Å². The number of anilines is 3. The lowest BCUT2D eigenvalue weighted by Crippen LogP contribution is -2.22. The van der Waals surface area contributed by atoms with E-state index in [4.69, 9.17) is 9.36 Å². The van der Waals surface area contributed by atoms with Crippen molar-refractivity contribution in [2.24, 2.45) is 0 Å². The molecule has 220 valence electrons. The van der Waals surface area contributed by atoms with E-state index in [-0.39, 0.29) is 9.79 Å². The third-order valence-electron chi connectivity index (χ3n) is 8.53. The van der Waals surface area contributed by atoms with Gasteiger partial charge >= 0.3 is 0 Å². The Morgan fingerprint density at radius 2 is 1.13 bits per heavy atom. The van der Waals surface area contributed by atoms with Crippen LogP contribution in [0.5, 0.6) is 0 Å². The van der Waals surface area contributed by atoms with E-state index in [9.17, 15) is 8.42 Å². The van der Waals surface area contributed by atoms with Crippen molar-refractivity contribution in [2.45, 2.75) is 9.79 Å². The second-order valence-corrected chi connectivity index (χ2v) is 13.8. The summed E-state index contributed by atoms with van der Waals surface area (Å²) in [7, 11) is -3.64. The summed E-state index contributed by atoms with van der Waals surface area (Å²) in [4.78, 5) is 7.50. The van der Waals surface area contributed by atoms with Gasteiger partial charge in [-0.1, -0.05) is 72.8 Å². The number of hydrogen-bond donors (Lipinski definition) is 0. The number of rotatable bonds is 4. The largest absolute Gasteiger partial charge is 0.309 e. The highest BCUT2D eigenvalue weighted by molar-refractivity contribution is 7.92. The van der Waals surface area contributed by atoms with E-state index in [1.165, 1.54) is 33.3 Å². The van der Waals surface area contributed by atoms with E-state index in [0.29, 0.717) is 17.2 Å². The Labute approximate surface area is 269 Å². The van der Waals surface area contributed by atoms with Crippen LogP contribution in [0.3, 0.4) is 0 Å². The van der Waals surface area contributed by atoms with E-state index < -0.39 is 9.84 Å². The Morgan fingerprint density at radius 3 is 1.78 bits per heavy atom. The van der Waals surface area contributed by atoms with E-state index in [0.717, 1.165) is 27.5 Å². The molecule has 0 atom stereocenters. The minimum Gasteiger partial charge on any atom is -0.309 e. The lowest BCUT2D eigenvalue weighted by atomic mass is 10.1.